The summed E-state index contributed by atoms with van der Waals surface area (Å²) in [6.45, 7) is 0. The molecule has 130 valence electrons. The maximum absolute atomic E-state index is 12.9. The summed E-state index contributed by atoms with van der Waals surface area (Å²) >= 11 is 6.02. The summed E-state index contributed by atoms with van der Waals surface area (Å²) < 4.78 is 44.3. The van der Waals surface area contributed by atoms with Crippen molar-refractivity contribution in [1.82, 2.24) is 0 Å². The standard InChI is InChI=1S/C20H11ClF3NO/c21-18-8-6-15(20(22,23)24)11-17(18)19-9-7-16(26-19)10-14(12-25)13-4-2-1-3-5-13/h1-11H. The second-order valence-electron chi connectivity index (χ2n) is 5.43. The van der Waals surface area contributed by atoms with Gasteiger partial charge in [-0.05, 0) is 42.0 Å². The van der Waals surface area contributed by atoms with E-state index in [1.807, 2.05) is 6.07 Å². The summed E-state index contributed by atoms with van der Waals surface area (Å²) in [5.41, 5.74) is 0.415. The summed E-state index contributed by atoms with van der Waals surface area (Å²) in [5.74, 6) is 0.534. The lowest BCUT2D eigenvalue weighted by atomic mass is 10.1. The number of hydrogen-bond donors (Lipinski definition) is 0. The Morgan fingerprint density at radius 2 is 1.77 bits per heavy atom. The molecule has 2 nitrogen and oxygen atoms in total. The molecule has 0 aliphatic heterocycles. The van der Waals surface area contributed by atoms with Crippen LogP contribution in [0, 0.1) is 11.3 Å². The van der Waals surface area contributed by atoms with Crippen LogP contribution in [0.1, 0.15) is 16.9 Å². The molecule has 0 radical (unpaired) electrons. The van der Waals surface area contributed by atoms with Crippen LogP contribution >= 0.6 is 11.6 Å². The lowest BCUT2D eigenvalue weighted by Gasteiger charge is -2.09. The molecule has 26 heavy (non-hydrogen) atoms. The molecule has 0 aliphatic carbocycles. The van der Waals surface area contributed by atoms with Crippen molar-refractivity contribution in [3.05, 3.63) is 82.6 Å². The minimum Gasteiger partial charge on any atom is -0.457 e. The third-order valence-electron chi connectivity index (χ3n) is 3.68. The normalized spacial score (nSPS) is 12.0. The molecule has 1 aromatic heterocycles. The Hall–Kier alpha value is -2.97. The van der Waals surface area contributed by atoms with E-state index in [-0.39, 0.29) is 16.3 Å². The first kappa shape index (κ1) is 17.8. The van der Waals surface area contributed by atoms with Crippen LogP contribution in [0.5, 0.6) is 0 Å². The molecule has 0 spiro atoms. The van der Waals surface area contributed by atoms with Crippen LogP contribution in [0.3, 0.4) is 0 Å². The van der Waals surface area contributed by atoms with E-state index in [0.717, 1.165) is 12.1 Å². The summed E-state index contributed by atoms with van der Waals surface area (Å²) in [4.78, 5) is 0. The molecule has 0 saturated carbocycles. The fourth-order valence-electron chi connectivity index (χ4n) is 2.41. The molecule has 0 unspecified atom stereocenters. The van der Waals surface area contributed by atoms with E-state index in [1.165, 1.54) is 18.2 Å². The Balaban J connectivity index is 1.99. The lowest BCUT2D eigenvalue weighted by Crippen LogP contribution is -2.04. The van der Waals surface area contributed by atoms with Crippen LogP contribution in [-0.4, -0.2) is 0 Å². The second kappa shape index (κ2) is 7.11. The average molecular weight is 374 g/mol. The molecule has 3 aromatic rings. The number of alkyl halides is 3. The van der Waals surface area contributed by atoms with Crippen LogP contribution in [-0.2, 0) is 6.18 Å². The van der Waals surface area contributed by atoms with E-state index >= 15 is 0 Å². The molecule has 0 aliphatic rings. The van der Waals surface area contributed by atoms with Gasteiger partial charge in [0.1, 0.15) is 11.5 Å². The summed E-state index contributed by atoms with van der Waals surface area (Å²) in [5, 5.41) is 9.47. The largest absolute Gasteiger partial charge is 0.457 e. The maximum Gasteiger partial charge on any atom is 0.416 e. The molecule has 2 aromatic carbocycles. The number of allylic oxidation sites excluding steroid dienone is 1. The quantitative estimate of drug-likeness (QED) is 0.480. The SMILES string of the molecule is N#CC(=Cc1ccc(-c2cc(C(F)(F)F)ccc2Cl)o1)c1ccccc1. The van der Waals surface area contributed by atoms with E-state index in [0.29, 0.717) is 16.9 Å². The van der Waals surface area contributed by atoms with E-state index in [2.05, 4.69) is 6.07 Å². The van der Waals surface area contributed by atoms with E-state index in [4.69, 9.17) is 16.0 Å². The van der Waals surface area contributed by atoms with Crippen molar-refractivity contribution in [3.8, 4) is 17.4 Å². The number of benzene rings is 2. The molecule has 0 saturated heterocycles. The van der Waals surface area contributed by atoms with Crippen molar-refractivity contribution in [2.45, 2.75) is 6.18 Å². The fraction of sp³-hybridized carbons (Fsp3) is 0.0500. The van der Waals surface area contributed by atoms with Gasteiger partial charge in [0.05, 0.1) is 22.2 Å². The van der Waals surface area contributed by atoms with Gasteiger partial charge in [0.25, 0.3) is 0 Å². The minimum absolute atomic E-state index is 0.138. The second-order valence-corrected chi connectivity index (χ2v) is 5.84. The number of hydrogen-bond acceptors (Lipinski definition) is 2. The van der Waals surface area contributed by atoms with Crippen molar-refractivity contribution in [3.63, 3.8) is 0 Å². The first-order valence-corrected chi connectivity index (χ1v) is 7.90. The first-order chi connectivity index (χ1) is 12.4. The van der Waals surface area contributed by atoms with E-state index in [1.54, 1.807) is 30.3 Å². The van der Waals surface area contributed by atoms with Gasteiger partial charge in [0.2, 0.25) is 0 Å². The molecular formula is C20H11ClF3NO. The Morgan fingerprint density at radius 1 is 1.04 bits per heavy atom. The van der Waals surface area contributed by atoms with Crippen molar-refractivity contribution < 1.29 is 17.6 Å². The molecule has 0 N–H and O–H groups in total. The number of nitriles is 1. The van der Waals surface area contributed by atoms with Gasteiger partial charge in [-0.1, -0.05) is 41.9 Å². The zero-order chi connectivity index (χ0) is 18.7. The van der Waals surface area contributed by atoms with Crippen molar-refractivity contribution in [1.29, 1.82) is 5.26 Å². The maximum atomic E-state index is 12.9. The van der Waals surface area contributed by atoms with Gasteiger partial charge in [-0.3, -0.25) is 0 Å². The van der Waals surface area contributed by atoms with Gasteiger partial charge in [-0.15, -0.1) is 0 Å². The van der Waals surface area contributed by atoms with E-state index < -0.39 is 11.7 Å². The third kappa shape index (κ3) is 3.81. The topological polar surface area (TPSA) is 36.9 Å². The Labute approximate surface area is 152 Å². The van der Waals surface area contributed by atoms with Crippen LogP contribution in [0.25, 0.3) is 23.0 Å². The van der Waals surface area contributed by atoms with Crippen LogP contribution in [0.4, 0.5) is 13.2 Å². The van der Waals surface area contributed by atoms with Gasteiger partial charge in [0.15, 0.2) is 0 Å². The molecule has 0 bridgehead atoms. The van der Waals surface area contributed by atoms with Crippen molar-refractivity contribution >= 4 is 23.3 Å². The zero-order valence-electron chi connectivity index (χ0n) is 13.2. The first-order valence-electron chi connectivity index (χ1n) is 7.52. The van der Waals surface area contributed by atoms with Crippen LogP contribution in [0.15, 0.2) is 65.1 Å². The highest BCUT2D eigenvalue weighted by molar-refractivity contribution is 6.33. The highest BCUT2D eigenvalue weighted by atomic mass is 35.5. The molecule has 3 rings (SSSR count). The summed E-state index contributed by atoms with van der Waals surface area (Å²) in [6, 6.07) is 17.2. The molecule has 6 heteroatoms. The Bertz CT molecular complexity index is 998. The molecule has 1 heterocycles. The van der Waals surface area contributed by atoms with Gasteiger partial charge >= 0.3 is 6.18 Å². The molecule has 0 amide bonds. The number of furan rings is 1. The van der Waals surface area contributed by atoms with Gasteiger partial charge in [-0.25, -0.2) is 0 Å². The van der Waals surface area contributed by atoms with Gasteiger partial charge in [0, 0.05) is 5.56 Å². The number of rotatable bonds is 3. The predicted octanol–water partition coefficient (Wildman–Crippen LogP) is 6.68. The fourth-order valence-corrected chi connectivity index (χ4v) is 2.62. The number of halogens is 4. The minimum atomic E-state index is -4.48. The monoisotopic (exact) mass is 373 g/mol. The van der Waals surface area contributed by atoms with Crippen molar-refractivity contribution in [2.75, 3.05) is 0 Å². The zero-order valence-corrected chi connectivity index (χ0v) is 14.0. The van der Waals surface area contributed by atoms with Crippen molar-refractivity contribution in [2.24, 2.45) is 0 Å². The number of nitrogens with zero attached hydrogens (tertiary/aromatic N) is 1. The Morgan fingerprint density at radius 3 is 2.42 bits per heavy atom. The molecular weight excluding hydrogens is 363 g/mol. The van der Waals surface area contributed by atoms with Gasteiger partial charge < -0.3 is 4.42 Å². The van der Waals surface area contributed by atoms with Crippen LogP contribution in [0.2, 0.25) is 5.02 Å². The third-order valence-corrected chi connectivity index (χ3v) is 4.01. The van der Waals surface area contributed by atoms with Gasteiger partial charge in [-0.2, -0.15) is 18.4 Å². The predicted molar refractivity (Wildman–Crippen MR) is 94.1 cm³/mol. The van der Waals surface area contributed by atoms with Crippen LogP contribution < -0.4 is 0 Å². The average Bonchev–Trinajstić information content (AvgIpc) is 3.08. The highest BCUT2D eigenvalue weighted by Crippen LogP contribution is 2.36. The summed E-state index contributed by atoms with van der Waals surface area (Å²) in [7, 11) is 0. The van der Waals surface area contributed by atoms with E-state index in [9.17, 15) is 18.4 Å². The highest BCUT2D eigenvalue weighted by Gasteiger charge is 2.31. The summed E-state index contributed by atoms with van der Waals surface area (Å²) in [6.07, 6.45) is -2.95. The molecule has 0 atom stereocenters. The lowest BCUT2D eigenvalue weighted by molar-refractivity contribution is -0.137. The molecule has 0 fully saturated rings. The Kier molecular flexibility index (Phi) is 4.88. The smallest absolute Gasteiger partial charge is 0.416 e.